The van der Waals surface area contributed by atoms with Gasteiger partial charge in [0.25, 0.3) is 0 Å². The zero-order chi connectivity index (χ0) is 13.7. The first-order chi connectivity index (χ1) is 8.45. The van der Waals surface area contributed by atoms with Gasteiger partial charge in [0, 0.05) is 11.6 Å². The molecule has 5 heteroatoms. The summed E-state index contributed by atoms with van der Waals surface area (Å²) in [6.45, 7) is 5.56. The molecular weight excluding hydrogens is 234 g/mol. The Bertz CT molecular complexity index is 419. The van der Waals surface area contributed by atoms with Crippen LogP contribution in [-0.4, -0.2) is 28.8 Å². The highest BCUT2D eigenvalue weighted by atomic mass is 16.5. The number of hydrogen-bond donors (Lipinski definition) is 3. The topological polar surface area (TPSA) is 78.8 Å². The Labute approximate surface area is 106 Å². The lowest BCUT2D eigenvalue weighted by Gasteiger charge is -2.20. The molecule has 5 nitrogen and oxygen atoms in total. The van der Waals surface area contributed by atoms with Crippen molar-refractivity contribution in [1.29, 1.82) is 0 Å². The van der Waals surface area contributed by atoms with Crippen LogP contribution in [0.3, 0.4) is 0 Å². The minimum atomic E-state index is -0.485. The monoisotopic (exact) mass is 253 g/mol. The van der Waals surface area contributed by atoms with Crippen LogP contribution in [0, 0.1) is 0 Å². The molecule has 1 rings (SSSR count). The fourth-order valence-corrected chi connectivity index (χ4v) is 1.69. The number of esters is 1. The van der Waals surface area contributed by atoms with Crippen molar-refractivity contribution in [2.45, 2.75) is 32.9 Å². The molecule has 0 aliphatic heterocycles. The van der Waals surface area contributed by atoms with Crippen LogP contribution in [0.15, 0.2) is 18.2 Å². The van der Waals surface area contributed by atoms with Crippen molar-refractivity contribution in [3.63, 3.8) is 0 Å². The number of aromatic hydroxyl groups is 2. The second-order valence-corrected chi connectivity index (χ2v) is 4.11. The quantitative estimate of drug-likeness (QED) is 0.550. The molecule has 2 unspecified atom stereocenters. The van der Waals surface area contributed by atoms with Crippen LogP contribution in [0.25, 0.3) is 0 Å². The summed E-state index contributed by atoms with van der Waals surface area (Å²) in [4.78, 5) is 11.5. The number of nitrogens with one attached hydrogen (secondary N) is 1. The zero-order valence-corrected chi connectivity index (χ0v) is 10.8. The summed E-state index contributed by atoms with van der Waals surface area (Å²) in [5.74, 6) is -0.201. The standard InChI is InChI=1S/C13H19NO4/c1-4-18-13(17)9(3)14-8(2)11-7-10(15)5-6-12(11)16/h5-9,14-16H,4H2,1-3H3. The first-order valence-corrected chi connectivity index (χ1v) is 5.90. The second-order valence-electron chi connectivity index (χ2n) is 4.11. The van der Waals surface area contributed by atoms with Gasteiger partial charge in [-0.25, -0.2) is 0 Å². The van der Waals surface area contributed by atoms with E-state index < -0.39 is 6.04 Å². The number of phenols is 2. The fourth-order valence-electron chi connectivity index (χ4n) is 1.69. The van der Waals surface area contributed by atoms with Gasteiger partial charge >= 0.3 is 5.97 Å². The minimum absolute atomic E-state index is 0.0697. The second kappa shape index (κ2) is 6.26. The van der Waals surface area contributed by atoms with Gasteiger partial charge in [0.05, 0.1) is 6.61 Å². The Morgan fingerprint density at radius 2 is 2.06 bits per heavy atom. The summed E-state index contributed by atoms with van der Waals surface area (Å²) in [5, 5.41) is 22.1. The number of hydrogen-bond acceptors (Lipinski definition) is 5. The van der Waals surface area contributed by atoms with E-state index in [1.54, 1.807) is 20.8 Å². The van der Waals surface area contributed by atoms with Gasteiger partial charge in [0.1, 0.15) is 17.5 Å². The van der Waals surface area contributed by atoms with Crippen molar-refractivity contribution in [3.05, 3.63) is 23.8 Å². The Balaban J connectivity index is 2.73. The lowest BCUT2D eigenvalue weighted by Crippen LogP contribution is -2.37. The normalized spacial score (nSPS) is 13.9. The maximum absolute atomic E-state index is 11.5. The largest absolute Gasteiger partial charge is 0.508 e. The van der Waals surface area contributed by atoms with Gasteiger partial charge in [-0.15, -0.1) is 0 Å². The first kappa shape index (κ1) is 14.3. The highest BCUT2D eigenvalue weighted by Crippen LogP contribution is 2.27. The van der Waals surface area contributed by atoms with E-state index in [-0.39, 0.29) is 23.5 Å². The van der Waals surface area contributed by atoms with Crippen LogP contribution in [0.4, 0.5) is 0 Å². The smallest absolute Gasteiger partial charge is 0.322 e. The van der Waals surface area contributed by atoms with Gasteiger partial charge in [0.15, 0.2) is 0 Å². The molecule has 0 saturated heterocycles. The van der Waals surface area contributed by atoms with E-state index >= 15 is 0 Å². The van der Waals surface area contributed by atoms with Crippen LogP contribution in [0.5, 0.6) is 11.5 Å². The molecule has 0 fully saturated rings. The van der Waals surface area contributed by atoms with E-state index in [9.17, 15) is 15.0 Å². The van der Waals surface area contributed by atoms with E-state index in [1.165, 1.54) is 18.2 Å². The predicted molar refractivity (Wildman–Crippen MR) is 67.4 cm³/mol. The molecule has 0 saturated carbocycles. The van der Waals surface area contributed by atoms with Crippen molar-refractivity contribution in [2.24, 2.45) is 0 Å². The van der Waals surface area contributed by atoms with E-state index in [0.29, 0.717) is 12.2 Å². The highest BCUT2D eigenvalue weighted by molar-refractivity contribution is 5.75. The number of carbonyl (C=O) groups excluding carboxylic acids is 1. The van der Waals surface area contributed by atoms with Gasteiger partial charge in [0.2, 0.25) is 0 Å². The van der Waals surface area contributed by atoms with Crippen LogP contribution in [0.2, 0.25) is 0 Å². The lowest BCUT2D eigenvalue weighted by molar-refractivity contribution is -0.145. The summed E-state index contributed by atoms with van der Waals surface area (Å²) in [6.07, 6.45) is 0. The molecule has 0 aliphatic carbocycles. The van der Waals surface area contributed by atoms with Crippen LogP contribution >= 0.6 is 0 Å². The molecule has 1 aromatic carbocycles. The molecule has 0 spiro atoms. The first-order valence-electron chi connectivity index (χ1n) is 5.90. The average molecular weight is 253 g/mol. The maximum Gasteiger partial charge on any atom is 0.322 e. The van der Waals surface area contributed by atoms with E-state index in [1.807, 2.05) is 0 Å². The summed E-state index contributed by atoms with van der Waals surface area (Å²) in [7, 11) is 0. The van der Waals surface area contributed by atoms with Crippen molar-refractivity contribution in [1.82, 2.24) is 5.32 Å². The molecule has 0 amide bonds. The molecule has 18 heavy (non-hydrogen) atoms. The minimum Gasteiger partial charge on any atom is -0.508 e. The van der Waals surface area contributed by atoms with Crippen molar-refractivity contribution in [3.8, 4) is 11.5 Å². The zero-order valence-electron chi connectivity index (χ0n) is 10.8. The van der Waals surface area contributed by atoms with E-state index in [0.717, 1.165) is 0 Å². The van der Waals surface area contributed by atoms with Gasteiger partial charge in [-0.2, -0.15) is 0 Å². The SMILES string of the molecule is CCOC(=O)C(C)NC(C)c1cc(O)ccc1O. The Morgan fingerprint density at radius 3 is 2.67 bits per heavy atom. The number of carbonyl (C=O) groups is 1. The van der Waals surface area contributed by atoms with Crippen LogP contribution in [0.1, 0.15) is 32.4 Å². The molecular formula is C13H19NO4. The summed E-state index contributed by atoms with van der Waals surface area (Å²) in [6, 6.07) is 3.52. The summed E-state index contributed by atoms with van der Waals surface area (Å²) >= 11 is 0. The Kier molecular flexibility index (Phi) is 4.97. The summed E-state index contributed by atoms with van der Waals surface area (Å²) < 4.78 is 4.88. The van der Waals surface area contributed by atoms with Crippen molar-refractivity contribution >= 4 is 5.97 Å². The third kappa shape index (κ3) is 3.63. The maximum atomic E-state index is 11.5. The molecule has 100 valence electrons. The van der Waals surface area contributed by atoms with Gasteiger partial charge in [-0.05, 0) is 39.0 Å². The van der Waals surface area contributed by atoms with Crippen LogP contribution < -0.4 is 5.32 Å². The van der Waals surface area contributed by atoms with Gasteiger partial charge < -0.3 is 14.9 Å². The molecule has 1 aromatic rings. The van der Waals surface area contributed by atoms with Gasteiger partial charge in [-0.3, -0.25) is 10.1 Å². The fraction of sp³-hybridized carbons (Fsp3) is 0.462. The number of benzene rings is 1. The van der Waals surface area contributed by atoms with Crippen molar-refractivity contribution < 1.29 is 19.7 Å². The van der Waals surface area contributed by atoms with Crippen LogP contribution in [-0.2, 0) is 9.53 Å². The third-order valence-electron chi connectivity index (χ3n) is 2.62. The highest BCUT2D eigenvalue weighted by Gasteiger charge is 2.19. The Hall–Kier alpha value is -1.75. The summed E-state index contributed by atoms with van der Waals surface area (Å²) in [5.41, 5.74) is 0.533. The molecule has 0 heterocycles. The number of ether oxygens (including phenoxy) is 1. The van der Waals surface area contributed by atoms with Crippen molar-refractivity contribution in [2.75, 3.05) is 6.61 Å². The van der Waals surface area contributed by atoms with Gasteiger partial charge in [-0.1, -0.05) is 0 Å². The molecule has 0 radical (unpaired) electrons. The molecule has 2 atom stereocenters. The molecule has 0 bridgehead atoms. The average Bonchev–Trinajstić information content (AvgIpc) is 2.32. The molecule has 0 aliphatic rings. The Morgan fingerprint density at radius 1 is 1.39 bits per heavy atom. The van der Waals surface area contributed by atoms with E-state index in [4.69, 9.17) is 4.74 Å². The molecule has 0 aromatic heterocycles. The number of rotatable bonds is 5. The predicted octanol–water partition coefficient (Wildman–Crippen LogP) is 1.70. The lowest BCUT2D eigenvalue weighted by atomic mass is 10.1. The third-order valence-corrected chi connectivity index (χ3v) is 2.62. The van der Waals surface area contributed by atoms with E-state index in [2.05, 4.69) is 5.32 Å². The number of phenolic OH excluding ortho intramolecular Hbond substituents is 2. The molecule has 3 N–H and O–H groups in total.